The molecule has 2 heteroatoms. The van der Waals surface area contributed by atoms with Crippen molar-refractivity contribution in [3.05, 3.63) is 65.7 Å². The first-order chi connectivity index (χ1) is 10.7. The first-order valence-corrected chi connectivity index (χ1v) is 8.23. The Morgan fingerprint density at radius 2 is 1.64 bits per heavy atom. The van der Waals surface area contributed by atoms with Crippen molar-refractivity contribution in [1.29, 1.82) is 0 Å². The highest BCUT2D eigenvalue weighted by Gasteiger charge is 2.08. The number of rotatable bonds is 8. The molecule has 0 aliphatic carbocycles. The Bertz CT molecular complexity index is 533. The van der Waals surface area contributed by atoms with Crippen LogP contribution in [0.2, 0.25) is 0 Å². The molecule has 22 heavy (non-hydrogen) atoms. The molecular weight excluding hydrogens is 270 g/mol. The van der Waals surface area contributed by atoms with Gasteiger partial charge in [0, 0.05) is 6.04 Å². The van der Waals surface area contributed by atoms with E-state index in [2.05, 4.69) is 66.8 Å². The van der Waals surface area contributed by atoms with Gasteiger partial charge in [-0.1, -0.05) is 49.4 Å². The smallest absolute Gasteiger partial charge is 0.119 e. The maximum Gasteiger partial charge on any atom is 0.119 e. The van der Waals surface area contributed by atoms with Crippen molar-refractivity contribution in [2.45, 2.75) is 45.8 Å². The predicted octanol–water partition coefficient (Wildman–Crippen LogP) is 4.76. The van der Waals surface area contributed by atoms with Crippen LogP contribution >= 0.6 is 0 Å². The van der Waals surface area contributed by atoms with E-state index in [0.717, 1.165) is 25.1 Å². The van der Waals surface area contributed by atoms with Crippen LogP contribution in [0.5, 0.6) is 5.75 Å². The van der Waals surface area contributed by atoms with Crippen LogP contribution < -0.4 is 10.1 Å². The van der Waals surface area contributed by atoms with Crippen LogP contribution in [0.1, 0.15) is 44.4 Å². The van der Waals surface area contributed by atoms with Gasteiger partial charge in [0.1, 0.15) is 5.75 Å². The number of nitrogens with one attached hydrogen (secondary N) is 1. The summed E-state index contributed by atoms with van der Waals surface area (Å²) in [6.07, 6.45) is 2.36. The number of hydrogen-bond acceptors (Lipinski definition) is 2. The summed E-state index contributed by atoms with van der Waals surface area (Å²) in [4.78, 5) is 0. The zero-order valence-electron chi connectivity index (χ0n) is 13.9. The average molecular weight is 297 g/mol. The molecule has 2 rings (SSSR count). The molecule has 2 nitrogen and oxygen atoms in total. The van der Waals surface area contributed by atoms with Crippen molar-refractivity contribution in [1.82, 2.24) is 5.32 Å². The number of hydrogen-bond donors (Lipinski definition) is 1. The lowest BCUT2D eigenvalue weighted by molar-refractivity contribution is 0.242. The van der Waals surface area contributed by atoms with Gasteiger partial charge in [-0.05, 0) is 56.5 Å². The Kier molecular flexibility index (Phi) is 6.47. The third-order valence-corrected chi connectivity index (χ3v) is 3.71. The standard InChI is InChI=1S/C20H27NO/c1-4-20(21-15-14-17-8-6-5-7-9-17)18-10-12-19(13-11-18)22-16(2)3/h5-13,16,20-21H,4,14-15H2,1-3H3. The van der Waals surface area contributed by atoms with Crippen molar-refractivity contribution >= 4 is 0 Å². The fourth-order valence-corrected chi connectivity index (χ4v) is 2.58. The van der Waals surface area contributed by atoms with Gasteiger partial charge in [0.05, 0.1) is 6.10 Å². The molecule has 118 valence electrons. The molecule has 0 saturated heterocycles. The van der Waals surface area contributed by atoms with Crippen LogP contribution in [-0.2, 0) is 6.42 Å². The molecule has 0 aromatic heterocycles. The molecule has 0 aliphatic heterocycles. The number of ether oxygens (including phenoxy) is 1. The topological polar surface area (TPSA) is 21.3 Å². The second-order valence-corrected chi connectivity index (χ2v) is 5.89. The molecule has 1 atom stereocenters. The molecule has 0 heterocycles. The van der Waals surface area contributed by atoms with Gasteiger partial charge in [-0.2, -0.15) is 0 Å². The molecule has 0 spiro atoms. The summed E-state index contributed by atoms with van der Waals surface area (Å²) in [5, 5.41) is 3.65. The van der Waals surface area contributed by atoms with E-state index < -0.39 is 0 Å². The Labute approximate surface area is 134 Å². The minimum atomic E-state index is 0.219. The monoisotopic (exact) mass is 297 g/mol. The Morgan fingerprint density at radius 1 is 0.955 bits per heavy atom. The van der Waals surface area contributed by atoms with Gasteiger partial charge in [0.25, 0.3) is 0 Å². The van der Waals surface area contributed by atoms with E-state index in [9.17, 15) is 0 Å². The van der Waals surface area contributed by atoms with Crippen molar-refractivity contribution in [2.75, 3.05) is 6.54 Å². The van der Waals surface area contributed by atoms with Crippen molar-refractivity contribution in [3.8, 4) is 5.75 Å². The molecule has 2 aromatic carbocycles. The second-order valence-electron chi connectivity index (χ2n) is 5.89. The van der Waals surface area contributed by atoms with E-state index >= 15 is 0 Å². The Hall–Kier alpha value is -1.80. The maximum absolute atomic E-state index is 5.70. The van der Waals surface area contributed by atoms with Gasteiger partial charge in [-0.25, -0.2) is 0 Å². The zero-order chi connectivity index (χ0) is 15.8. The fraction of sp³-hybridized carbons (Fsp3) is 0.400. The summed E-state index contributed by atoms with van der Waals surface area (Å²) in [6, 6.07) is 19.5. The summed E-state index contributed by atoms with van der Waals surface area (Å²) in [5.74, 6) is 0.942. The highest BCUT2D eigenvalue weighted by Crippen LogP contribution is 2.21. The molecule has 0 fully saturated rings. The third kappa shape index (κ3) is 5.19. The Balaban J connectivity index is 1.88. The van der Waals surface area contributed by atoms with Gasteiger partial charge in [0.15, 0.2) is 0 Å². The normalized spacial score (nSPS) is 12.4. The van der Waals surface area contributed by atoms with E-state index in [1.807, 2.05) is 13.8 Å². The molecule has 1 N–H and O–H groups in total. The van der Waals surface area contributed by atoms with Crippen molar-refractivity contribution in [2.24, 2.45) is 0 Å². The van der Waals surface area contributed by atoms with E-state index in [1.165, 1.54) is 11.1 Å². The van der Waals surface area contributed by atoms with E-state index in [4.69, 9.17) is 4.74 Å². The molecule has 0 amide bonds. The maximum atomic E-state index is 5.70. The summed E-state index contributed by atoms with van der Waals surface area (Å²) in [7, 11) is 0. The molecule has 1 unspecified atom stereocenters. The van der Waals surface area contributed by atoms with Crippen molar-refractivity contribution in [3.63, 3.8) is 0 Å². The van der Waals surface area contributed by atoms with E-state index in [1.54, 1.807) is 0 Å². The van der Waals surface area contributed by atoms with Crippen LogP contribution in [0.15, 0.2) is 54.6 Å². The highest BCUT2D eigenvalue weighted by molar-refractivity contribution is 5.29. The van der Waals surface area contributed by atoms with Gasteiger partial charge >= 0.3 is 0 Å². The van der Waals surface area contributed by atoms with E-state index in [0.29, 0.717) is 6.04 Å². The van der Waals surface area contributed by atoms with Crippen LogP contribution in [0.4, 0.5) is 0 Å². The minimum absolute atomic E-state index is 0.219. The first kappa shape index (κ1) is 16.6. The quantitative estimate of drug-likeness (QED) is 0.758. The lowest BCUT2D eigenvalue weighted by atomic mass is 10.0. The van der Waals surface area contributed by atoms with E-state index in [-0.39, 0.29) is 6.10 Å². The first-order valence-electron chi connectivity index (χ1n) is 8.23. The van der Waals surface area contributed by atoms with Crippen LogP contribution in [0.25, 0.3) is 0 Å². The van der Waals surface area contributed by atoms with Gasteiger partial charge in [-0.15, -0.1) is 0 Å². The van der Waals surface area contributed by atoms with Crippen LogP contribution in [0.3, 0.4) is 0 Å². The minimum Gasteiger partial charge on any atom is -0.491 e. The molecule has 0 radical (unpaired) electrons. The Morgan fingerprint density at radius 3 is 2.23 bits per heavy atom. The molecular formula is C20H27NO. The zero-order valence-corrected chi connectivity index (χ0v) is 13.9. The number of benzene rings is 2. The largest absolute Gasteiger partial charge is 0.491 e. The molecule has 0 bridgehead atoms. The fourth-order valence-electron chi connectivity index (χ4n) is 2.58. The summed E-state index contributed by atoms with van der Waals surface area (Å²) in [6.45, 7) is 7.31. The molecule has 0 saturated carbocycles. The van der Waals surface area contributed by atoms with Crippen LogP contribution in [-0.4, -0.2) is 12.6 Å². The molecule has 2 aromatic rings. The van der Waals surface area contributed by atoms with Gasteiger partial charge in [-0.3, -0.25) is 0 Å². The summed E-state index contributed by atoms with van der Waals surface area (Å²) < 4.78 is 5.70. The predicted molar refractivity (Wildman–Crippen MR) is 93.4 cm³/mol. The van der Waals surface area contributed by atoms with Crippen LogP contribution in [0, 0.1) is 0 Å². The third-order valence-electron chi connectivity index (χ3n) is 3.71. The summed E-state index contributed by atoms with van der Waals surface area (Å²) in [5.41, 5.74) is 2.71. The second kappa shape index (κ2) is 8.60. The van der Waals surface area contributed by atoms with Gasteiger partial charge in [0.2, 0.25) is 0 Å². The highest BCUT2D eigenvalue weighted by atomic mass is 16.5. The summed E-state index contributed by atoms with van der Waals surface area (Å²) >= 11 is 0. The SMILES string of the molecule is CCC(NCCc1ccccc1)c1ccc(OC(C)C)cc1. The molecule has 0 aliphatic rings. The lowest BCUT2D eigenvalue weighted by Crippen LogP contribution is -2.23. The average Bonchev–Trinajstić information content (AvgIpc) is 2.53. The van der Waals surface area contributed by atoms with Crippen molar-refractivity contribution < 1.29 is 4.74 Å². The van der Waals surface area contributed by atoms with Gasteiger partial charge < -0.3 is 10.1 Å². The lowest BCUT2D eigenvalue weighted by Gasteiger charge is -2.18.